The summed E-state index contributed by atoms with van der Waals surface area (Å²) in [5.41, 5.74) is 0. The lowest BCUT2D eigenvalue weighted by Gasteiger charge is -2.27. The first-order valence-electron chi connectivity index (χ1n) is 5.52. The van der Waals surface area contributed by atoms with Gasteiger partial charge in [0.1, 0.15) is 11.6 Å². The highest BCUT2D eigenvalue weighted by Crippen LogP contribution is 2.14. The minimum Gasteiger partial charge on any atom is -0.370 e. The Morgan fingerprint density at radius 3 is 3.19 bits per heavy atom. The molecule has 0 radical (unpaired) electrons. The molecule has 1 aromatic rings. The summed E-state index contributed by atoms with van der Waals surface area (Å²) in [6, 6.07) is 5.81. The summed E-state index contributed by atoms with van der Waals surface area (Å²) < 4.78 is 0. The maximum Gasteiger partial charge on any atom is 0.239 e. The second kappa shape index (κ2) is 4.83. The van der Waals surface area contributed by atoms with Gasteiger partial charge in [0.25, 0.3) is 0 Å². The number of carbonyl (C=O) groups is 1. The highest BCUT2D eigenvalue weighted by molar-refractivity contribution is 5.82. The summed E-state index contributed by atoms with van der Waals surface area (Å²) in [6.07, 6.45) is 0. The summed E-state index contributed by atoms with van der Waals surface area (Å²) in [6.45, 7) is 4.77. The van der Waals surface area contributed by atoms with E-state index in [1.807, 2.05) is 30.0 Å². The molecule has 0 aliphatic carbocycles. The van der Waals surface area contributed by atoms with Gasteiger partial charge in [-0.15, -0.1) is 0 Å². The van der Waals surface area contributed by atoms with Gasteiger partial charge in [0.05, 0.1) is 6.54 Å². The van der Waals surface area contributed by atoms with Crippen LogP contribution in [0, 0.1) is 0 Å². The first-order chi connectivity index (χ1) is 7.79. The van der Waals surface area contributed by atoms with Gasteiger partial charge < -0.3 is 15.5 Å². The number of piperazine rings is 1. The number of amides is 1. The van der Waals surface area contributed by atoms with Crippen molar-refractivity contribution in [1.82, 2.24) is 10.3 Å². The minimum atomic E-state index is 0.0573. The second-order valence-electron chi connectivity index (χ2n) is 3.68. The molecule has 1 saturated heterocycles. The number of aromatic nitrogens is 1. The molecule has 2 rings (SSSR count). The van der Waals surface area contributed by atoms with Crippen LogP contribution in [0.5, 0.6) is 0 Å². The molecule has 1 amide bonds. The molecule has 5 nitrogen and oxygen atoms in total. The predicted octanol–water partition coefficient (Wildman–Crippen LogP) is 0.450. The molecule has 0 spiro atoms. The van der Waals surface area contributed by atoms with Crippen LogP contribution in [0.1, 0.15) is 6.92 Å². The van der Waals surface area contributed by atoms with Crippen molar-refractivity contribution in [3.63, 3.8) is 0 Å². The van der Waals surface area contributed by atoms with Crippen molar-refractivity contribution in [3.05, 3.63) is 18.2 Å². The van der Waals surface area contributed by atoms with Crippen molar-refractivity contribution < 1.29 is 4.79 Å². The van der Waals surface area contributed by atoms with E-state index in [1.165, 1.54) is 0 Å². The summed E-state index contributed by atoms with van der Waals surface area (Å²) in [5, 5.41) is 5.96. The molecule has 0 unspecified atom stereocenters. The van der Waals surface area contributed by atoms with Gasteiger partial charge >= 0.3 is 0 Å². The first kappa shape index (κ1) is 10.7. The first-order valence-corrected chi connectivity index (χ1v) is 5.52. The normalized spacial score (nSPS) is 15.8. The van der Waals surface area contributed by atoms with Crippen molar-refractivity contribution in [3.8, 4) is 0 Å². The van der Waals surface area contributed by atoms with E-state index >= 15 is 0 Å². The van der Waals surface area contributed by atoms with Gasteiger partial charge in [-0.2, -0.15) is 0 Å². The largest absolute Gasteiger partial charge is 0.370 e. The van der Waals surface area contributed by atoms with Gasteiger partial charge in [-0.3, -0.25) is 4.79 Å². The van der Waals surface area contributed by atoms with Crippen molar-refractivity contribution in [2.75, 3.05) is 36.4 Å². The van der Waals surface area contributed by atoms with Crippen molar-refractivity contribution >= 4 is 17.5 Å². The molecule has 0 bridgehead atoms. The summed E-state index contributed by atoms with van der Waals surface area (Å²) >= 11 is 0. The Labute approximate surface area is 94.9 Å². The van der Waals surface area contributed by atoms with Crippen LogP contribution < -0.4 is 15.5 Å². The molecule has 2 heterocycles. The van der Waals surface area contributed by atoms with E-state index in [9.17, 15) is 4.79 Å². The zero-order chi connectivity index (χ0) is 11.4. The van der Waals surface area contributed by atoms with Crippen LogP contribution in [0.4, 0.5) is 11.6 Å². The summed E-state index contributed by atoms with van der Waals surface area (Å²) in [4.78, 5) is 17.7. The van der Waals surface area contributed by atoms with Crippen LogP contribution in [-0.2, 0) is 4.79 Å². The highest BCUT2D eigenvalue weighted by Gasteiger charge is 2.17. The van der Waals surface area contributed by atoms with E-state index in [0.717, 1.165) is 24.7 Å². The van der Waals surface area contributed by atoms with Crippen molar-refractivity contribution in [1.29, 1.82) is 0 Å². The fraction of sp³-hybridized carbons (Fsp3) is 0.455. The molecule has 1 aliphatic heterocycles. The SMILES string of the molecule is CCNc1cccc(N2CCNC(=O)C2)n1. The second-order valence-corrected chi connectivity index (χ2v) is 3.68. The predicted molar refractivity (Wildman–Crippen MR) is 63.6 cm³/mol. The van der Waals surface area contributed by atoms with E-state index in [2.05, 4.69) is 15.6 Å². The Morgan fingerprint density at radius 1 is 1.56 bits per heavy atom. The Morgan fingerprint density at radius 2 is 2.44 bits per heavy atom. The van der Waals surface area contributed by atoms with E-state index in [0.29, 0.717) is 13.1 Å². The summed E-state index contributed by atoms with van der Waals surface area (Å²) in [5.74, 6) is 1.76. The van der Waals surface area contributed by atoms with Crippen molar-refractivity contribution in [2.24, 2.45) is 0 Å². The number of hydrogen-bond acceptors (Lipinski definition) is 4. The third kappa shape index (κ3) is 2.42. The van der Waals surface area contributed by atoms with Gasteiger partial charge in [0.15, 0.2) is 0 Å². The number of nitrogens with one attached hydrogen (secondary N) is 2. The van der Waals surface area contributed by atoms with Crippen molar-refractivity contribution in [2.45, 2.75) is 6.92 Å². The fourth-order valence-electron chi connectivity index (χ4n) is 1.71. The molecule has 1 fully saturated rings. The fourth-order valence-corrected chi connectivity index (χ4v) is 1.71. The molecule has 0 atom stereocenters. The minimum absolute atomic E-state index is 0.0573. The molecule has 0 saturated carbocycles. The monoisotopic (exact) mass is 220 g/mol. The van der Waals surface area contributed by atoms with Crippen LogP contribution in [0.15, 0.2) is 18.2 Å². The van der Waals surface area contributed by atoms with Gasteiger partial charge in [0.2, 0.25) is 5.91 Å². The lowest BCUT2D eigenvalue weighted by molar-refractivity contribution is -0.120. The van der Waals surface area contributed by atoms with Gasteiger partial charge in [-0.1, -0.05) is 6.07 Å². The number of rotatable bonds is 3. The van der Waals surface area contributed by atoms with E-state index in [4.69, 9.17) is 0 Å². The molecule has 86 valence electrons. The lowest BCUT2D eigenvalue weighted by Crippen LogP contribution is -2.48. The zero-order valence-electron chi connectivity index (χ0n) is 9.36. The quantitative estimate of drug-likeness (QED) is 0.776. The van der Waals surface area contributed by atoms with E-state index in [-0.39, 0.29) is 5.91 Å². The highest BCUT2D eigenvalue weighted by atomic mass is 16.2. The van der Waals surface area contributed by atoms with Crippen LogP contribution >= 0.6 is 0 Å². The Balaban J connectivity index is 2.12. The molecular formula is C11H16N4O. The molecule has 2 N–H and O–H groups in total. The van der Waals surface area contributed by atoms with Crippen LogP contribution in [-0.4, -0.2) is 37.1 Å². The molecule has 5 heteroatoms. The van der Waals surface area contributed by atoms with E-state index in [1.54, 1.807) is 0 Å². The number of hydrogen-bond donors (Lipinski definition) is 2. The Hall–Kier alpha value is -1.78. The lowest BCUT2D eigenvalue weighted by atomic mass is 10.3. The average Bonchev–Trinajstić information content (AvgIpc) is 2.30. The smallest absolute Gasteiger partial charge is 0.239 e. The van der Waals surface area contributed by atoms with Crippen LogP contribution in [0.2, 0.25) is 0 Å². The molecular weight excluding hydrogens is 204 g/mol. The third-order valence-electron chi connectivity index (χ3n) is 2.45. The van der Waals surface area contributed by atoms with Gasteiger partial charge in [-0.25, -0.2) is 4.98 Å². The Bertz CT molecular complexity index is 380. The number of nitrogens with zero attached hydrogens (tertiary/aromatic N) is 2. The zero-order valence-corrected chi connectivity index (χ0v) is 9.36. The van der Waals surface area contributed by atoms with Gasteiger partial charge in [-0.05, 0) is 19.1 Å². The molecule has 1 aromatic heterocycles. The molecule has 16 heavy (non-hydrogen) atoms. The van der Waals surface area contributed by atoms with Crippen LogP contribution in [0.3, 0.4) is 0 Å². The maximum absolute atomic E-state index is 11.3. The third-order valence-corrected chi connectivity index (χ3v) is 2.45. The standard InChI is InChI=1S/C11H16N4O/c1-2-12-9-4-3-5-10(14-9)15-7-6-13-11(16)8-15/h3-5H,2,6-8H2,1H3,(H,12,14)(H,13,16). The number of carbonyl (C=O) groups excluding carboxylic acids is 1. The Kier molecular flexibility index (Phi) is 3.24. The average molecular weight is 220 g/mol. The molecule has 1 aliphatic rings. The maximum atomic E-state index is 11.3. The van der Waals surface area contributed by atoms with Gasteiger partial charge in [0, 0.05) is 19.6 Å². The van der Waals surface area contributed by atoms with Crippen LogP contribution in [0.25, 0.3) is 0 Å². The number of pyridine rings is 1. The number of anilines is 2. The van der Waals surface area contributed by atoms with E-state index < -0.39 is 0 Å². The molecule has 0 aromatic carbocycles. The summed E-state index contributed by atoms with van der Waals surface area (Å²) in [7, 11) is 0. The topological polar surface area (TPSA) is 57.3 Å².